The van der Waals surface area contributed by atoms with Crippen molar-refractivity contribution in [1.29, 1.82) is 0 Å². The van der Waals surface area contributed by atoms with Crippen molar-refractivity contribution >= 4 is 17.9 Å². The molecule has 444 valence electrons. The summed E-state index contributed by atoms with van der Waals surface area (Å²) in [6, 6.07) is 0. The van der Waals surface area contributed by atoms with Crippen LogP contribution in [0.3, 0.4) is 0 Å². The predicted molar refractivity (Wildman–Crippen MR) is 334 cm³/mol. The highest BCUT2D eigenvalue weighted by molar-refractivity contribution is 5.71. The summed E-state index contributed by atoms with van der Waals surface area (Å²) in [6.07, 6.45) is 86.3. The lowest BCUT2D eigenvalue weighted by molar-refractivity contribution is -0.167. The number of ether oxygens (including phenoxy) is 3. The summed E-state index contributed by atoms with van der Waals surface area (Å²) in [6.45, 7) is 6.49. The van der Waals surface area contributed by atoms with Crippen LogP contribution in [0.2, 0.25) is 0 Å². The lowest BCUT2D eigenvalue weighted by Crippen LogP contribution is -2.30. The smallest absolute Gasteiger partial charge is 0.306 e. The van der Waals surface area contributed by atoms with Gasteiger partial charge in [-0.15, -0.1) is 0 Å². The highest BCUT2D eigenvalue weighted by Gasteiger charge is 2.19. The molecule has 0 N–H and O–H groups in total. The molecule has 0 aliphatic rings. The van der Waals surface area contributed by atoms with Gasteiger partial charge in [-0.1, -0.05) is 298 Å². The molecule has 0 amide bonds. The zero-order valence-corrected chi connectivity index (χ0v) is 51.0. The van der Waals surface area contributed by atoms with Crippen LogP contribution < -0.4 is 0 Å². The molecular formula is C71H124O6. The summed E-state index contributed by atoms with van der Waals surface area (Å²) in [5.74, 6) is -0.905. The fourth-order valence-corrected chi connectivity index (χ4v) is 9.44. The van der Waals surface area contributed by atoms with Crippen molar-refractivity contribution in [2.45, 2.75) is 335 Å². The van der Waals surface area contributed by atoms with Crippen molar-refractivity contribution in [3.8, 4) is 0 Å². The summed E-state index contributed by atoms with van der Waals surface area (Å²) < 4.78 is 16.8. The number of carbonyl (C=O) groups is 3. The molecule has 77 heavy (non-hydrogen) atoms. The summed E-state index contributed by atoms with van der Waals surface area (Å²) >= 11 is 0. The van der Waals surface area contributed by atoms with Crippen molar-refractivity contribution in [2.75, 3.05) is 13.2 Å². The maximum absolute atomic E-state index is 12.9. The van der Waals surface area contributed by atoms with Crippen molar-refractivity contribution < 1.29 is 28.6 Å². The van der Waals surface area contributed by atoms with Gasteiger partial charge in [-0.3, -0.25) is 14.4 Å². The Kier molecular flexibility index (Phi) is 62.2. The third-order valence-corrected chi connectivity index (χ3v) is 14.4. The number of esters is 3. The normalized spacial score (nSPS) is 12.6. The van der Waals surface area contributed by atoms with E-state index < -0.39 is 6.10 Å². The van der Waals surface area contributed by atoms with Crippen LogP contribution >= 0.6 is 0 Å². The lowest BCUT2D eigenvalue weighted by atomic mass is 10.0. The van der Waals surface area contributed by atoms with E-state index in [9.17, 15) is 14.4 Å². The van der Waals surface area contributed by atoms with Gasteiger partial charge in [0.05, 0.1) is 0 Å². The molecule has 0 aromatic carbocycles. The Morgan fingerprint density at radius 1 is 0.273 bits per heavy atom. The highest BCUT2D eigenvalue weighted by atomic mass is 16.6. The lowest BCUT2D eigenvalue weighted by Gasteiger charge is -2.18. The van der Waals surface area contributed by atoms with E-state index in [1.54, 1.807) is 0 Å². The quantitative estimate of drug-likeness (QED) is 0.0261. The zero-order chi connectivity index (χ0) is 55.7. The van der Waals surface area contributed by atoms with Crippen LogP contribution in [0.5, 0.6) is 0 Å². The van der Waals surface area contributed by atoms with E-state index in [4.69, 9.17) is 14.2 Å². The molecule has 0 bridgehead atoms. The molecule has 1 unspecified atom stereocenters. The maximum atomic E-state index is 12.9. The topological polar surface area (TPSA) is 78.9 Å². The molecule has 1 atom stereocenters. The Bertz CT molecular complexity index is 1470. The summed E-state index contributed by atoms with van der Waals surface area (Å²) in [5.41, 5.74) is 0. The van der Waals surface area contributed by atoms with Crippen molar-refractivity contribution in [3.63, 3.8) is 0 Å². The van der Waals surface area contributed by atoms with Crippen LogP contribution in [-0.2, 0) is 28.6 Å². The Hall–Kier alpha value is -3.41. The average molecular weight is 1070 g/mol. The van der Waals surface area contributed by atoms with Crippen LogP contribution in [0.25, 0.3) is 0 Å². The van der Waals surface area contributed by atoms with Gasteiger partial charge in [0.15, 0.2) is 6.10 Å². The minimum absolute atomic E-state index is 0.0844. The molecule has 0 heterocycles. The van der Waals surface area contributed by atoms with Crippen LogP contribution in [0.1, 0.15) is 329 Å². The zero-order valence-electron chi connectivity index (χ0n) is 51.0. The first-order chi connectivity index (χ1) is 38.0. The number of carbonyl (C=O) groups excluding carboxylic acids is 3. The van der Waals surface area contributed by atoms with Gasteiger partial charge in [-0.2, -0.15) is 0 Å². The van der Waals surface area contributed by atoms with E-state index in [-0.39, 0.29) is 31.1 Å². The molecule has 0 fully saturated rings. The van der Waals surface area contributed by atoms with Gasteiger partial charge in [0.25, 0.3) is 0 Å². The Morgan fingerprint density at radius 3 is 0.805 bits per heavy atom. The van der Waals surface area contributed by atoms with Crippen LogP contribution in [0, 0.1) is 0 Å². The Balaban J connectivity index is 4.12. The SMILES string of the molecule is CC/C=C\C/C=C\C/C=C\C/C=C\C/C=C\C/C=C\CCCCCCC(=O)OC(COC(=O)CCCCCCCCC)COC(=O)CCCCCCCCCCCCCCCCCCC/C=C\CCCCCCCCCC. The fourth-order valence-electron chi connectivity index (χ4n) is 9.44. The Labute approximate surface area is 477 Å². The van der Waals surface area contributed by atoms with Gasteiger partial charge in [-0.25, -0.2) is 0 Å². The second-order valence-electron chi connectivity index (χ2n) is 22.0. The molecule has 0 aliphatic heterocycles. The molecule has 6 nitrogen and oxygen atoms in total. The van der Waals surface area contributed by atoms with Gasteiger partial charge < -0.3 is 14.2 Å². The molecule has 0 radical (unpaired) electrons. The molecule has 0 rings (SSSR count). The Morgan fingerprint density at radius 2 is 0.506 bits per heavy atom. The summed E-state index contributed by atoms with van der Waals surface area (Å²) in [5, 5.41) is 0. The number of unbranched alkanes of at least 4 members (excludes halogenated alkanes) is 35. The predicted octanol–water partition coefficient (Wildman–Crippen LogP) is 22.7. The molecular weight excluding hydrogens is 949 g/mol. The molecule has 0 aliphatic carbocycles. The van der Waals surface area contributed by atoms with E-state index in [2.05, 4.69) is 106 Å². The van der Waals surface area contributed by atoms with Gasteiger partial charge in [-0.05, 0) is 96.3 Å². The number of allylic oxidation sites excluding steroid dienone is 14. The van der Waals surface area contributed by atoms with E-state index >= 15 is 0 Å². The molecule has 0 spiro atoms. The van der Waals surface area contributed by atoms with E-state index in [1.165, 1.54) is 180 Å². The second-order valence-corrected chi connectivity index (χ2v) is 22.0. The third kappa shape index (κ3) is 63.3. The van der Waals surface area contributed by atoms with E-state index in [0.29, 0.717) is 19.3 Å². The van der Waals surface area contributed by atoms with Crippen molar-refractivity contribution in [1.82, 2.24) is 0 Å². The molecule has 0 aromatic rings. The van der Waals surface area contributed by atoms with Gasteiger partial charge >= 0.3 is 17.9 Å². The standard InChI is InChI=1S/C71H124O6/c1-4-7-10-13-16-18-20-22-24-26-28-30-32-33-34-35-36-37-39-40-42-44-46-48-50-52-55-58-61-64-70(73)76-67-68(66-75-69(72)63-60-57-54-15-12-9-6-3)77-71(74)65-62-59-56-53-51-49-47-45-43-41-38-31-29-27-25-23-21-19-17-14-11-8-5-2/h8,11,17,19,23,25-26,28-29,31,41,43,47,49,68H,4-7,9-10,12-16,18,20-22,24,27,30,32-40,42,44-46,48,50-67H2,1-3H3/b11-8-,19-17-,25-23-,28-26-,31-29-,43-41-,49-47-. The van der Waals surface area contributed by atoms with E-state index in [1.807, 2.05) is 0 Å². The summed E-state index contributed by atoms with van der Waals surface area (Å²) in [7, 11) is 0. The van der Waals surface area contributed by atoms with Gasteiger partial charge in [0.1, 0.15) is 13.2 Å². The first-order valence-corrected chi connectivity index (χ1v) is 33.1. The fraction of sp³-hybridized carbons (Fsp3) is 0.761. The molecule has 6 heteroatoms. The number of hydrogen-bond acceptors (Lipinski definition) is 6. The van der Waals surface area contributed by atoms with Gasteiger partial charge in [0.2, 0.25) is 0 Å². The molecule has 0 aromatic heterocycles. The number of hydrogen-bond donors (Lipinski definition) is 0. The average Bonchev–Trinajstić information content (AvgIpc) is 3.43. The van der Waals surface area contributed by atoms with E-state index in [0.717, 1.165) is 109 Å². The van der Waals surface area contributed by atoms with Crippen LogP contribution in [0.15, 0.2) is 85.1 Å². The molecule has 0 saturated heterocycles. The largest absolute Gasteiger partial charge is 0.462 e. The summed E-state index contributed by atoms with van der Waals surface area (Å²) in [4.78, 5) is 38.1. The second kappa shape index (κ2) is 65.1. The van der Waals surface area contributed by atoms with Gasteiger partial charge in [0, 0.05) is 19.3 Å². The minimum Gasteiger partial charge on any atom is -0.462 e. The maximum Gasteiger partial charge on any atom is 0.306 e. The third-order valence-electron chi connectivity index (χ3n) is 14.4. The first-order valence-electron chi connectivity index (χ1n) is 33.1. The van der Waals surface area contributed by atoms with Crippen LogP contribution in [0.4, 0.5) is 0 Å². The van der Waals surface area contributed by atoms with Crippen molar-refractivity contribution in [2.24, 2.45) is 0 Å². The number of rotatable bonds is 60. The molecule has 0 saturated carbocycles. The van der Waals surface area contributed by atoms with Crippen molar-refractivity contribution in [3.05, 3.63) is 85.1 Å². The monoisotopic (exact) mass is 1070 g/mol. The first kappa shape index (κ1) is 73.6. The van der Waals surface area contributed by atoms with Crippen LogP contribution in [-0.4, -0.2) is 37.2 Å². The highest BCUT2D eigenvalue weighted by Crippen LogP contribution is 2.17. The minimum atomic E-state index is -0.788.